The molecular weight excluding hydrogens is 786 g/mol. The standard InChI is InChI=1S/C39H38F6N10O4/c1-37(2,39(43,44)45)35-50-32(51-52-35)17-49-34(57)31-12-29(53-59-31)33-47-15-23(16-48-33)24-6-5-21(9-26(24)40)18-54-19-38(20-54)13-22(14-38)25-10-28(42)30(11-27(25)41)55(7-4-8-56)36(58)46-3/h5-6,8-12,15-16,22H,4,7,13-14,17-20H2,1-3H3,(H,46,58)(H,49,57)(H,50,51,52). The molecule has 3 N–H and O–H groups in total. The molecule has 0 bridgehead atoms. The molecule has 2 aromatic carbocycles. The van der Waals surface area contributed by atoms with E-state index in [1.807, 2.05) is 0 Å². The highest BCUT2D eigenvalue weighted by molar-refractivity contribution is 5.92. The topological polar surface area (TPSA) is 175 Å². The Labute approximate surface area is 332 Å². The number of amides is 3. The summed E-state index contributed by atoms with van der Waals surface area (Å²) in [6.07, 6.45) is 0.119. The van der Waals surface area contributed by atoms with E-state index in [0.717, 1.165) is 49.5 Å². The Morgan fingerprint density at radius 3 is 2.42 bits per heavy atom. The maximum absolute atomic E-state index is 15.4. The van der Waals surface area contributed by atoms with Gasteiger partial charge >= 0.3 is 12.2 Å². The normalized spacial score (nSPS) is 15.4. The summed E-state index contributed by atoms with van der Waals surface area (Å²) in [7, 11) is 1.36. The third-order valence-corrected chi connectivity index (χ3v) is 10.8. The Balaban J connectivity index is 0.901. The number of aromatic amines is 1. The van der Waals surface area contributed by atoms with E-state index in [0.29, 0.717) is 31.2 Å². The third kappa shape index (κ3) is 8.26. The van der Waals surface area contributed by atoms with Gasteiger partial charge in [-0.25, -0.2) is 32.9 Å². The lowest BCUT2D eigenvalue weighted by atomic mass is 9.56. The lowest BCUT2D eigenvalue weighted by Gasteiger charge is -2.59. The van der Waals surface area contributed by atoms with Crippen LogP contribution < -0.4 is 15.5 Å². The fraction of sp³-hybridized carbons (Fsp3) is 0.385. The third-order valence-electron chi connectivity index (χ3n) is 10.8. The molecule has 1 aliphatic carbocycles. The fourth-order valence-corrected chi connectivity index (χ4v) is 7.47. The van der Waals surface area contributed by atoms with Gasteiger partial charge in [0.15, 0.2) is 17.3 Å². The Morgan fingerprint density at radius 2 is 1.76 bits per heavy atom. The molecule has 0 atom stereocenters. The molecule has 1 aliphatic heterocycles. The number of hydrogen-bond acceptors (Lipinski definition) is 10. The van der Waals surface area contributed by atoms with Gasteiger partial charge < -0.3 is 20.0 Å². The number of rotatable bonds is 13. The van der Waals surface area contributed by atoms with Crippen LogP contribution in [0.2, 0.25) is 0 Å². The highest BCUT2D eigenvalue weighted by Gasteiger charge is 2.53. The zero-order chi connectivity index (χ0) is 42.3. The number of alkyl halides is 3. The zero-order valence-electron chi connectivity index (χ0n) is 32.0. The van der Waals surface area contributed by atoms with E-state index in [9.17, 15) is 27.6 Å². The number of likely N-dealkylation sites (tertiary alicyclic amines) is 1. The van der Waals surface area contributed by atoms with E-state index >= 15 is 13.2 Å². The fourth-order valence-electron chi connectivity index (χ4n) is 7.47. The van der Waals surface area contributed by atoms with Crippen LogP contribution in [0.4, 0.5) is 36.8 Å². The quantitative estimate of drug-likeness (QED) is 0.0914. The van der Waals surface area contributed by atoms with E-state index in [4.69, 9.17) is 4.52 Å². The summed E-state index contributed by atoms with van der Waals surface area (Å²) >= 11 is 0. The number of hydrogen-bond donors (Lipinski definition) is 3. The van der Waals surface area contributed by atoms with Crippen LogP contribution in [0, 0.1) is 22.9 Å². The number of nitrogens with one attached hydrogen (secondary N) is 3. The van der Waals surface area contributed by atoms with Gasteiger partial charge in [-0.15, -0.1) is 0 Å². The molecule has 310 valence electrons. The zero-order valence-corrected chi connectivity index (χ0v) is 32.0. The number of carbonyl (C=O) groups is 3. The largest absolute Gasteiger partial charge is 0.401 e. The van der Waals surface area contributed by atoms with Crippen LogP contribution in [0.15, 0.2) is 53.3 Å². The Kier molecular flexibility index (Phi) is 11.0. The van der Waals surface area contributed by atoms with Crippen LogP contribution in [0.25, 0.3) is 22.6 Å². The molecule has 4 heterocycles. The highest BCUT2D eigenvalue weighted by atomic mass is 19.4. The van der Waals surface area contributed by atoms with Gasteiger partial charge in [-0.1, -0.05) is 17.3 Å². The molecule has 0 radical (unpaired) electrons. The number of urea groups is 1. The van der Waals surface area contributed by atoms with Gasteiger partial charge in [0.1, 0.15) is 35.0 Å². The lowest BCUT2D eigenvalue weighted by Crippen LogP contribution is -2.61. The summed E-state index contributed by atoms with van der Waals surface area (Å²) in [5.41, 5.74) is -0.805. The summed E-state index contributed by atoms with van der Waals surface area (Å²) in [5.74, 6) is -3.34. The van der Waals surface area contributed by atoms with Crippen LogP contribution >= 0.6 is 0 Å². The molecule has 1 saturated carbocycles. The van der Waals surface area contributed by atoms with Crippen molar-refractivity contribution in [2.24, 2.45) is 5.41 Å². The smallest absolute Gasteiger partial charge is 0.350 e. The van der Waals surface area contributed by atoms with Crippen molar-refractivity contribution < 1.29 is 45.2 Å². The van der Waals surface area contributed by atoms with Crippen LogP contribution in [-0.4, -0.2) is 86.3 Å². The number of anilines is 1. The average molecular weight is 825 g/mol. The maximum atomic E-state index is 15.4. The van der Waals surface area contributed by atoms with E-state index in [-0.39, 0.29) is 70.8 Å². The van der Waals surface area contributed by atoms with Gasteiger partial charge in [-0.05, 0) is 61.3 Å². The number of benzene rings is 2. The molecule has 2 aliphatic rings. The summed E-state index contributed by atoms with van der Waals surface area (Å²) in [6.45, 7) is 3.47. The minimum Gasteiger partial charge on any atom is -0.350 e. The van der Waals surface area contributed by atoms with Crippen molar-refractivity contribution in [2.75, 3.05) is 31.6 Å². The van der Waals surface area contributed by atoms with Crippen molar-refractivity contribution in [1.29, 1.82) is 0 Å². The highest BCUT2D eigenvalue weighted by Crippen LogP contribution is 2.57. The predicted molar refractivity (Wildman–Crippen MR) is 198 cm³/mol. The van der Waals surface area contributed by atoms with Gasteiger partial charge in [-0.2, -0.15) is 18.3 Å². The van der Waals surface area contributed by atoms with E-state index < -0.39 is 46.8 Å². The summed E-state index contributed by atoms with van der Waals surface area (Å²) in [6, 6.07) is 7.65. The van der Waals surface area contributed by atoms with Gasteiger partial charge in [0, 0.05) is 75.3 Å². The van der Waals surface area contributed by atoms with Crippen molar-refractivity contribution in [3.63, 3.8) is 0 Å². The molecule has 14 nitrogen and oxygen atoms in total. The monoisotopic (exact) mass is 824 g/mol. The van der Waals surface area contributed by atoms with Crippen LogP contribution in [0.5, 0.6) is 0 Å². The van der Waals surface area contributed by atoms with Gasteiger partial charge in [0.2, 0.25) is 5.76 Å². The van der Waals surface area contributed by atoms with Crippen molar-refractivity contribution >= 4 is 23.9 Å². The number of nitrogens with zero attached hydrogens (tertiary/aromatic N) is 7. The molecule has 3 amide bonds. The van der Waals surface area contributed by atoms with Crippen LogP contribution in [0.3, 0.4) is 0 Å². The first-order chi connectivity index (χ1) is 28.0. The van der Waals surface area contributed by atoms with Gasteiger partial charge in [-0.3, -0.25) is 19.7 Å². The van der Waals surface area contributed by atoms with Crippen LogP contribution in [0.1, 0.15) is 72.4 Å². The van der Waals surface area contributed by atoms with Crippen molar-refractivity contribution in [3.8, 4) is 22.6 Å². The molecule has 0 unspecified atom stereocenters. The number of aldehydes is 1. The summed E-state index contributed by atoms with van der Waals surface area (Å²) in [4.78, 5) is 51.2. The molecule has 7 rings (SSSR count). The SMILES string of the molecule is CNC(=O)N(CCC=O)c1cc(F)c(C2CC3(C2)CN(Cc2ccc(-c4cnc(-c5cc(C(=O)NCc6nc(C(C)(C)C(F)(F)F)n[nH]6)on5)nc4)c(F)c2)C3)cc1F. The number of aromatic nitrogens is 6. The van der Waals surface area contributed by atoms with Crippen molar-refractivity contribution in [2.45, 2.75) is 63.7 Å². The minimum atomic E-state index is -4.58. The van der Waals surface area contributed by atoms with Gasteiger partial charge in [0.05, 0.1) is 12.2 Å². The van der Waals surface area contributed by atoms with E-state index in [1.165, 1.54) is 31.6 Å². The molecule has 20 heteroatoms. The first kappa shape index (κ1) is 41.0. The molecule has 5 aromatic rings. The average Bonchev–Trinajstić information content (AvgIpc) is 3.87. The predicted octanol–water partition coefficient (Wildman–Crippen LogP) is 6.22. The minimum absolute atomic E-state index is 0.00248. The van der Waals surface area contributed by atoms with Crippen molar-refractivity contribution in [1.82, 2.24) is 45.8 Å². The first-order valence-electron chi connectivity index (χ1n) is 18.5. The Morgan fingerprint density at radius 1 is 1.03 bits per heavy atom. The molecule has 3 aromatic heterocycles. The molecule has 2 fully saturated rings. The molecular formula is C39H38F6N10O4. The lowest BCUT2D eigenvalue weighted by molar-refractivity contribution is -0.182. The molecule has 59 heavy (non-hydrogen) atoms. The Bertz CT molecular complexity index is 2370. The number of halogens is 6. The van der Waals surface area contributed by atoms with Crippen LogP contribution in [-0.2, 0) is 23.3 Å². The first-order valence-corrected chi connectivity index (χ1v) is 18.5. The molecule has 1 spiro atoms. The number of carbonyl (C=O) groups excluding carboxylic acids is 3. The molecule has 1 saturated heterocycles. The number of H-pyrrole nitrogens is 1. The summed E-state index contributed by atoms with van der Waals surface area (Å²) in [5, 5.41) is 14.7. The second-order valence-corrected chi connectivity index (χ2v) is 15.3. The summed E-state index contributed by atoms with van der Waals surface area (Å²) < 4.78 is 90.8. The second kappa shape index (κ2) is 15.9. The van der Waals surface area contributed by atoms with Gasteiger partial charge in [0.25, 0.3) is 5.91 Å². The second-order valence-electron chi connectivity index (χ2n) is 15.3. The Hall–Kier alpha value is -6.18. The van der Waals surface area contributed by atoms with E-state index in [1.54, 1.807) is 12.1 Å². The maximum Gasteiger partial charge on any atom is 0.401 e. The van der Waals surface area contributed by atoms with Crippen molar-refractivity contribution in [3.05, 3.63) is 94.8 Å². The van der Waals surface area contributed by atoms with E-state index in [2.05, 4.69) is 45.8 Å².